The summed E-state index contributed by atoms with van der Waals surface area (Å²) in [7, 11) is 2.20. The first-order valence-electron chi connectivity index (χ1n) is 7.73. The van der Waals surface area contributed by atoms with E-state index in [0.717, 1.165) is 31.1 Å². The topological polar surface area (TPSA) is 45.4 Å². The fourth-order valence-corrected chi connectivity index (χ4v) is 3.24. The lowest BCUT2D eigenvalue weighted by molar-refractivity contribution is 0.337. The molecule has 0 aliphatic carbocycles. The van der Waals surface area contributed by atoms with Gasteiger partial charge in [-0.1, -0.05) is 24.3 Å². The minimum absolute atomic E-state index is 0.460. The van der Waals surface area contributed by atoms with Crippen LogP contribution in [-0.4, -0.2) is 42.6 Å². The average molecular weight is 284 g/mol. The predicted molar refractivity (Wildman–Crippen MR) is 88.6 cm³/mol. The Morgan fingerprint density at radius 2 is 2.10 bits per heavy atom. The van der Waals surface area contributed by atoms with Crippen molar-refractivity contribution in [3.63, 3.8) is 0 Å². The van der Waals surface area contributed by atoms with Crippen LogP contribution in [0.1, 0.15) is 19.0 Å². The molecule has 1 aliphatic rings. The monoisotopic (exact) mass is 284 g/mol. The van der Waals surface area contributed by atoms with Crippen LogP contribution >= 0.6 is 0 Å². The molecule has 0 bridgehead atoms. The molecule has 1 aromatic carbocycles. The molecular weight excluding hydrogens is 260 g/mol. The van der Waals surface area contributed by atoms with Crippen LogP contribution in [0.3, 0.4) is 0 Å². The number of fused-ring (bicyclic) bond motifs is 1. The highest BCUT2D eigenvalue weighted by Gasteiger charge is 2.22. The van der Waals surface area contributed by atoms with Gasteiger partial charge in [0.2, 0.25) is 0 Å². The summed E-state index contributed by atoms with van der Waals surface area (Å²) in [5, 5.41) is 2.46. The number of nitrogens with zero attached hydrogens (tertiary/aromatic N) is 3. The summed E-state index contributed by atoms with van der Waals surface area (Å²) >= 11 is 0. The van der Waals surface area contributed by atoms with Crippen molar-refractivity contribution in [2.45, 2.75) is 25.9 Å². The van der Waals surface area contributed by atoms with Gasteiger partial charge in [0.15, 0.2) is 0 Å². The number of nitrogens with two attached hydrogens (primary N) is 1. The van der Waals surface area contributed by atoms with Gasteiger partial charge < -0.3 is 15.5 Å². The lowest BCUT2D eigenvalue weighted by Crippen LogP contribution is -2.38. The lowest BCUT2D eigenvalue weighted by atomic mass is 10.1. The van der Waals surface area contributed by atoms with Gasteiger partial charge >= 0.3 is 0 Å². The van der Waals surface area contributed by atoms with E-state index in [1.165, 1.54) is 17.2 Å². The molecule has 0 amide bonds. The molecule has 1 fully saturated rings. The van der Waals surface area contributed by atoms with Crippen LogP contribution in [-0.2, 0) is 6.54 Å². The molecule has 2 heterocycles. The first-order chi connectivity index (χ1) is 10.2. The summed E-state index contributed by atoms with van der Waals surface area (Å²) in [5.41, 5.74) is 6.80. The van der Waals surface area contributed by atoms with Crippen molar-refractivity contribution >= 4 is 16.6 Å². The third kappa shape index (κ3) is 2.87. The zero-order valence-corrected chi connectivity index (χ0v) is 12.9. The standard InChI is InChI=1S/C17H24N4/c1-13-12-20(2)8-5-9-21(13)17-16-7-4-3-6-14(16)10-15(11-18)19-17/h3-4,6-7,10,13H,5,8-9,11-12,18H2,1-2H3. The number of likely N-dealkylation sites (N-methyl/N-ethyl adjacent to an activating group) is 1. The van der Waals surface area contributed by atoms with Crippen LogP contribution in [0.2, 0.25) is 0 Å². The molecule has 4 nitrogen and oxygen atoms in total. The molecule has 1 saturated heterocycles. The molecule has 2 aromatic rings. The van der Waals surface area contributed by atoms with Gasteiger partial charge in [-0.3, -0.25) is 0 Å². The van der Waals surface area contributed by atoms with Crippen LogP contribution in [0.5, 0.6) is 0 Å². The van der Waals surface area contributed by atoms with Crippen LogP contribution < -0.4 is 10.6 Å². The Kier molecular flexibility index (Phi) is 4.08. The summed E-state index contributed by atoms with van der Waals surface area (Å²) in [4.78, 5) is 9.69. The average Bonchev–Trinajstić information content (AvgIpc) is 2.66. The van der Waals surface area contributed by atoms with Crippen molar-refractivity contribution in [1.29, 1.82) is 0 Å². The van der Waals surface area contributed by atoms with Crippen LogP contribution in [0.4, 0.5) is 5.82 Å². The summed E-state index contributed by atoms with van der Waals surface area (Å²) in [5.74, 6) is 1.09. The molecule has 4 heteroatoms. The molecule has 1 atom stereocenters. The third-order valence-corrected chi connectivity index (χ3v) is 4.30. The summed E-state index contributed by atoms with van der Waals surface area (Å²) in [6.07, 6.45) is 1.17. The van der Waals surface area contributed by atoms with Gasteiger partial charge in [-0.2, -0.15) is 0 Å². The minimum Gasteiger partial charge on any atom is -0.352 e. The van der Waals surface area contributed by atoms with Crippen molar-refractivity contribution in [2.75, 3.05) is 31.6 Å². The molecule has 1 aromatic heterocycles. The maximum atomic E-state index is 5.84. The van der Waals surface area contributed by atoms with E-state index >= 15 is 0 Å². The third-order valence-electron chi connectivity index (χ3n) is 4.30. The first-order valence-corrected chi connectivity index (χ1v) is 7.73. The second-order valence-electron chi connectivity index (χ2n) is 6.02. The fraction of sp³-hybridized carbons (Fsp3) is 0.471. The van der Waals surface area contributed by atoms with E-state index in [1.807, 2.05) is 0 Å². The van der Waals surface area contributed by atoms with Crippen molar-refractivity contribution in [1.82, 2.24) is 9.88 Å². The number of benzene rings is 1. The maximum absolute atomic E-state index is 5.84. The molecule has 0 spiro atoms. The second-order valence-corrected chi connectivity index (χ2v) is 6.02. The molecular formula is C17H24N4. The van der Waals surface area contributed by atoms with E-state index in [9.17, 15) is 0 Å². The number of hydrogen-bond donors (Lipinski definition) is 1. The Morgan fingerprint density at radius 1 is 1.29 bits per heavy atom. The van der Waals surface area contributed by atoms with Crippen molar-refractivity contribution in [3.8, 4) is 0 Å². The zero-order valence-electron chi connectivity index (χ0n) is 12.9. The highest BCUT2D eigenvalue weighted by Crippen LogP contribution is 2.28. The van der Waals surface area contributed by atoms with Gasteiger partial charge in [0.05, 0.1) is 5.69 Å². The summed E-state index contributed by atoms with van der Waals surface area (Å²) in [6, 6.07) is 11.0. The fourth-order valence-electron chi connectivity index (χ4n) is 3.24. The number of hydrogen-bond acceptors (Lipinski definition) is 4. The van der Waals surface area contributed by atoms with Crippen molar-refractivity contribution in [2.24, 2.45) is 5.73 Å². The van der Waals surface area contributed by atoms with Gasteiger partial charge in [-0.05, 0) is 38.4 Å². The minimum atomic E-state index is 0.460. The largest absolute Gasteiger partial charge is 0.352 e. The van der Waals surface area contributed by atoms with E-state index in [1.54, 1.807) is 0 Å². The molecule has 112 valence electrons. The molecule has 0 saturated carbocycles. The van der Waals surface area contributed by atoms with Crippen LogP contribution in [0.15, 0.2) is 30.3 Å². The Labute approximate surface area is 126 Å². The van der Waals surface area contributed by atoms with Crippen LogP contribution in [0.25, 0.3) is 10.8 Å². The normalized spacial score (nSPS) is 20.7. The Morgan fingerprint density at radius 3 is 2.90 bits per heavy atom. The Bertz CT molecular complexity index is 625. The number of anilines is 1. The quantitative estimate of drug-likeness (QED) is 0.918. The van der Waals surface area contributed by atoms with Gasteiger partial charge in [0, 0.05) is 31.1 Å². The zero-order chi connectivity index (χ0) is 14.8. The van der Waals surface area contributed by atoms with Crippen LogP contribution in [0, 0.1) is 0 Å². The molecule has 2 N–H and O–H groups in total. The van der Waals surface area contributed by atoms with E-state index in [4.69, 9.17) is 10.7 Å². The first kappa shape index (κ1) is 14.3. The van der Waals surface area contributed by atoms with Gasteiger partial charge in [-0.25, -0.2) is 4.98 Å². The SMILES string of the molecule is CC1CN(C)CCCN1c1nc(CN)cc2ccccc12. The molecule has 0 radical (unpaired) electrons. The van der Waals surface area contributed by atoms with Gasteiger partial charge in [-0.15, -0.1) is 0 Å². The molecule has 21 heavy (non-hydrogen) atoms. The van der Waals surface area contributed by atoms with E-state index in [-0.39, 0.29) is 0 Å². The van der Waals surface area contributed by atoms with Crippen molar-refractivity contribution < 1.29 is 0 Å². The number of pyridine rings is 1. The maximum Gasteiger partial charge on any atom is 0.137 e. The smallest absolute Gasteiger partial charge is 0.137 e. The van der Waals surface area contributed by atoms with E-state index in [0.29, 0.717) is 12.6 Å². The highest BCUT2D eigenvalue weighted by molar-refractivity contribution is 5.92. The number of aromatic nitrogens is 1. The Balaban J connectivity index is 2.09. The lowest BCUT2D eigenvalue weighted by Gasteiger charge is -2.30. The van der Waals surface area contributed by atoms with Gasteiger partial charge in [0.1, 0.15) is 5.82 Å². The number of rotatable bonds is 2. The molecule has 1 unspecified atom stereocenters. The van der Waals surface area contributed by atoms with Crippen molar-refractivity contribution in [3.05, 3.63) is 36.0 Å². The van der Waals surface area contributed by atoms with E-state index in [2.05, 4.69) is 54.1 Å². The van der Waals surface area contributed by atoms with Gasteiger partial charge in [0.25, 0.3) is 0 Å². The summed E-state index contributed by atoms with van der Waals surface area (Å²) in [6.45, 7) is 6.04. The predicted octanol–water partition coefficient (Wildman–Crippen LogP) is 2.22. The van der Waals surface area contributed by atoms with E-state index < -0.39 is 0 Å². The highest BCUT2D eigenvalue weighted by atomic mass is 15.3. The Hall–Kier alpha value is -1.65. The summed E-state index contributed by atoms with van der Waals surface area (Å²) < 4.78 is 0. The second kappa shape index (κ2) is 6.00. The molecule has 3 rings (SSSR count). The molecule has 1 aliphatic heterocycles.